The van der Waals surface area contributed by atoms with Crippen LogP contribution in [-0.4, -0.2) is 114 Å². The Morgan fingerprint density at radius 1 is 1.07 bits per heavy atom. The Bertz CT molecular complexity index is 1060. The lowest BCUT2D eigenvalue weighted by atomic mass is 9.63. The molecule has 0 spiro atoms. The van der Waals surface area contributed by atoms with E-state index in [1.165, 1.54) is 32.1 Å². The molecule has 1 amide bonds. The third-order valence-corrected chi connectivity index (χ3v) is 12.0. The van der Waals surface area contributed by atoms with Crippen LogP contribution in [0.5, 0.6) is 0 Å². The Labute approximate surface area is 243 Å². The molecule has 7 rings (SSSR count). The highest BCUT2D eigenvalue weighted by Gasteiger charge is 2.63. The van der Waals surface area contributed by atoms with Crippen LogP contribution in [0.2, 0.25) is 0 Å². The average molecular weight is 573 g/mol. The van der Waals surface area contributed by atoms with E-state index in [2.05, 4.69) is 22.2 Å². The summed E-state index contributed by atoms with van der Waals surface area (Å²) in [5.41, 5.74) is 13.1. The monoisotopic (exact) mass is 572 g/mol. The lowest BCUT2D eigenvalue weighted by molar-refractivity contribution is -0.215. The molecule has 0 aromatic rings. The maximum absolute atomic E-state index is 16.4. The molecule has 9 nitrogen and oxygen atoms in total. The van der Waals surface area contributed by atoms with Crippen molar-refractivity contribution in [3.8, 4) is 0 Å². The first-order valence-electron chi connectivity index (χ1n) is 16.4. The van der Waals surface area contributed by atoms with Gasteiger partial charge in [-0.05, 0) is 64.0 Å². The number of hydrogen-bond acceptors (Lipinski definition) is 8. The zero-order valence-corrected chi connectivity index (χ0v) is 24.5. The van der Waals surface area contributed by atoms with Gasteiger partial charge in [-0.25, -0.2) is 4.39 Å². The molecule has 3 saturated carbocycles. The molecule has 0 radical (unpaired) electrons. The van der Waals surface area contributed by atoms with E-state index >= 15 is 4.39 Å². The summed E-state index contributed by atoms with van der Waals surface area (Å²) in [5, 5.41) is 3.06. The molecule has 3 saturated heterocycles. The number of morpholine rings is 1. The van der Waals surface area contributed by atoms with Crippen molar-refractivity contribution in [2.75, 3.05) is 33.2 Å². The topological polar surface area (TPSA) is 117 Å². The lowest BCUT2D eigenvalue weighted by Crippen LogP contribution is -2.77. The third kappa shape index (κ3) is 4.86. The van der Waals surface area contributed by atoms with Gasteiger partial charge in [0.25, 0.3) is 5.91 Å². The van der Waals surface area contributed by atoms with Crippen LogP contribution in [0.3, 0.4) is 0 Å². The number of carbonyl (C=O) groups excluding carboxylic acids is 2. The minimum atomic E-state index is -1.43. The number of ketones is 1. The van der Waals surface area contributed by atoms with Gasteiger partial charge in [-0.3, -0.25) is 14.5 Å². The smallest absolute Gasteiger partial charge is 0.256 e. The number of ether oxygens (including phenoxy) is 1. The van der Waals surface area contributed by atoms with Crippen LogP contribution in [0.15, 0.2) is 11.8 Å². The fraction of sp³-hybridized carbons (Fsp3) is 0.871. The van der Waals surface area contributed by atoms with Crippen molar-refractivity contribution in [1.29, 1.82) is 0 Å². The second kappa shape index (κ2) is 11.2. The van der Waals surface area contributed by atoms with E-state index in [0.717, 1.165) is 38.6 Å². The minimum absolute atomic E-state index is 0.0495. The number of alkyl halides is 1. The van der Waals surface area contributed by atoms with E-state index in [1.54, 1.807) is 0 Å². The summed E-state index contributed by atoms with van der Waals surface area (Å²) in [4.78, 5) is 34.6. The highest BCUT2D eigenvalue weighted by atomic mass is 19.1. The fourth-order valence-electron chi connectivity index (χ4n) is 9.83. The molecule has 228 valence electrons. The molecule has 5 N–H and O–H groups in total. The van der Waals surface area contributed by atoms with Gasteiger partial charge < -0.3 is 31.3 Å². The summed E-state index contributed by atoms with van der Waals surface area (Å²) < 4.78 is 23.1. The molecule has 0 bridgehead atoms. The highest BCUT2D eigenvalue weighted by Crippen LogP contribution is 2.50. The van der Waals surface area contributed by atoms with Crippen molar-refractivity contribution in [2.24, 2.45) is 29.2 Å². The summed E-state index contributed by atoms with van der Waals surface area (Å²) in [6.45, 7) is 2.78. The Hall–Kier alpha value is -1.59. The molecule has 4 heterocycles. The van der Waals surface area contributed by atoms with E-state index in [-0.39, 0.29) is 41.5 Å². The van der Waals surface area contributed by atoms with Gasteiger partial charge in [-0.15, -0.1) is 0 Å². The standard InChI is InChI=1S/C31H49FN6O3/c1-36-11-4-7-20(36)8-10-35-31(40)21-16-38-22-13-17-5-2-3-6-18(17)14-23(22)41-30-26(34)25(32)27(24(28(30)38)29(21)39)37-12-9-19(33)15-37/h16-20,22-28,30H,2-15,33-34H2,1H3,(H,35,40)/t17?,18?,19-,20?,22?,23?,24?,25?,26?,27?,28?,30?/m0/s1. The normalized spacial score (nSPS) is 46.5. The van der Waals surface area contributed by atoms with Gasteiger partial charge in [0.15, 0.2) is 5.78 Å². The summed E-state index contributed by atoms with van der Waals surface area (Å²) in [7, 11) is 2.13. The van der Waals surface area contributed by atoms with Crippen molar-refractivity contribution in [3.05, 3.63) is 11.8 Å². The van der Waals surface area contributed by atoms with Crippen LogP contribution in [0.4, 0.5) is 4.39 Å². The van der Waals surface area contributed by atoms with Crippen LogP contribution in [0, 0.1) is 17.8 Å². The van der Waals surface area contributed by atoms with Gasteiger partial charge in [-0.2, -0.15) is 0 Å². The molecule has 7 aliphatic rings. The number of fused-ring (bicyclic) bond motifs is 3. The SMILES string of the molecule is CN1CCCC1CCNC(=O)C1=CN2C3CC4CCCCC4CC3OC3C(N)C(F)C(N4CC[C@H](N)C4)C(C1=O)C32. The third-order valence-electron chi connectivity index (χ3n) is 12.0. The molecule has 0 aromatic carbocycles. The Morgan fingerprint density at radius 2 is 1.85 bits per heavy atom. The van der Waals surface area contributed by atoms with Gasteiger partial charge in [0.05, 0.1) is 47.9 Å². The molecule has 41 heavy (non-hydrogen) atoms. The molecule has 0 aromatic heterocycles. The summed E-state index contributed by atoms with van der Waals surface area (Å²) in [6.07, 6.45) is 10.6. The molecular formula is C31H49FN6O3. The Morgan fingerprint density at radius 3 is 2.56 bits per heavy atom. The van der Waals surface area contributed by atoms with E-state index in [1.807, 2.05) is 11.1 Å². The molecule has 11 unspecified atom stereocenters. The Kier molecular flexibility index (Phi) is 7.67. The maximum Gasteiger partial charge on any atom is 0.256 e. The van der Waals surface area contributed by atoms with Crippen LogP contribution in [-0.2, 0) is 14.3 Å². The number of Topliss-reactive ketones (excluding diaryl/α,β-unsaturated/α-hetero) is 1. The molecule has 4 aliphatic heterocycles. The molecule has 6 fully saturated rings. The summed E-state index contributed by atoms with van der Waals surface area (Å²) in [5.74, 6) is -0.0443. The van der Waals surface area contributed by atoms with Crippen LogP contribution in [0.25, 0.3) is 0 Å². The van der Waals surface area contributed by atoms with E-state index in [0.29, 0.717) is 37.5 Å². The van der Waals surface area contributed by atoms with E-state index in [9.17, 15) is 9.59 Å². The fourth-order valence-corrected chi connectivity index (χ4v) is 9.83. The zero-order valence-electron chi connectivity index (χ0n) is 24.5. The first-order valence-corrected chi connectivity index (χ1v) is 16.4. The van der Waals surface area contributed by atoms with Crippen molar-refractivity contribution in [3.63, 3.8) is 0 Å². The van der Waals surface area contributed by atoms with Crippen molar-refractivity contribution in [1.82, 2.24) is 20.0 Å². The van der Waals surface area contributed by atoms with Gasteiger partial charge in [-0.1, -0.05) is 25.7 Å². The molecular weight excluding hydrogens is 523 g/mol. The molecule has 10 heteroatoms. The quantitative estimate of drug-likeness (QED) is 0.421. The number of hydrogen-bond donors (Lipinski definition) is 3. The van der Waals surface area contributed by atoms with Crippen LogP contribution < -0.4 is 16.8 Å². The minimum Gasteiger partial charge on any atom is -0.369 e. The number of nitrogens with one attached hydrogen (secondary N) is 1. The average Bonchev–Trinajstić information content (AvgIpc) is 3.58. The predicted molar refractivity (Wildman–Crippen MR) is 153 cm³/mol. The Balaban J connectivity index is 1.21. The van der Waals surface area contributed by atoms with E-state index in [4.69, 9.17) is 16.2 Å². The zero-order chi connectivity index (χ0) is 28.4. The number of likely N-dealkylation sites (tertiary alicyclic amines) is 2. The first kappa shape index (κ1) is 28.2. The van der Waals surface area contributed by atoms with Crippen molar-refractivity contribution in [2.45, 2.75) is 119 Å². The predicted octanol–water partition coefficient (Wildman–Crippen LogP) is 1.16. The maximum atomic E-state index is 16.4. The van der Waals surface area contributed by atoms with Gasteiger partial charge >= 0.3 is 0 Å². The number of halogens is 1. The number of nitrogens with zero attached hydrogens (tertiary/aromatic N) is 3. The van der Waals surface area contributed by atoms with Crippen molar-refractivity contribution >= 4 is 11.7 Å². The van der Waals surface area contributed by atoms with Crippen LogP contribution >= 0.6 is 0 Å². The first-order chi connectivity index (χ1) is 19.8. The second-order valence-corrected chi connectivity index (χ2v) is 14.2. The van der Waals surface area contributed by atoms with Gasteiger partial charge in [0.1, 0.15) is 6.17 Å². The van der Waals surface area contributed by atoms with Crippen molar-refractivity contribution < 1.29 is 18.7 Å². The summed E-state index contributed by atoms with van der Waals surface area (Å²) in [6, 6.07) is -1.41. The lowest BCUT2D eigenvalue weighted by Gasteiger charge is -2.62. The van der Waals surface area contributed by atoms with E-state index < -0.39 is 30.3 Å². The van der Waals surface area contributed by atoms with Gasteiger partial charge in [0, 0.05) is 37.9 Å². The molecule has 12 atom stereocenters. The number of amides is 1. The number of rotatable bonds is 5. The molecule has 3 aliphatic carbocycles. The largest absolute Gasteiger partial charge is 0.369 e. The van der Waals surface area contributed by atoms with Gasteiger partial charge in [0.2, 0.25) is 0 Å². The number of carbonyl (C=O) groups is 2. The highest BCUT2D eigenvalue weighted by molar-refractivity contribution is 6.21. The van der Waals surface area contributed by atoms with Crippen LogP contribution in [0.1, 0.15) is 64.2 Å². The second-order valence-electron chi connectivity index (χ2n) is 14.2. The number of nitrogens with two attached hydrogens (primary N) is 2. The summed E-state index contributed by atoms with van der Waals surface area (Å²) >= 11 is 0.